The first-order chi connectivity index (χ1) is 8.81. The molecular weight excluding hydrogens is 242 g/mol. The van der Waals surface area contributed by atoms with Gasteiger partial charge in [-0.25, -0.2) is 9.69 Å². The highest BCUT2D eigenvalue weighted by Crippen LogP contribution is 2.40. The van der Waals surface area contributed by atoms with E-state index in [1.54, 1.807) is 20.8 Å². The first-order valence-electron chi connectivity index (χ1n) is 6.42. The van der Waals surface area contributed by atoms with Gasteiger partial charge in [0, 0.05) is 0 Å². The Labute approximate surface area is 113 Å². The van der Waals surface area contributed by atoms with Gasteiger partial charge in [0.1, 0.15) is 5.60 Å². The number of likely N-dealkylation sites (tertiary alicyclic amines) is 1. The highest BCUT2D eigenvalue weighted by Gasteiger charge is 2.50. The lowest BCUT2D eigenvalue weighted by atomic mass is 9.84. The lowest BCUT2D eigenvalue weighted by molar-refractivity contribution is -0.153. The van der Waals surface area contributed by atoms with Crippen molar-refractivity contribution in [3.8, 4) is 0 Å². The van der Waals surface area contributed by atoms with Gasteiger partial charge < -0.3 is 4.74 Å². The second-order valence-electron chi connectivity index (χ2n) is 5.83. The Hall–Kier alpha value is -1.84. The number of amides is 2. The fourth-order valence-electron chi connectivity index (χ4n) is 2.24. The van der Waals surface area contributed by atoms with Gasteiger partial charge >= 0.3 is 6.09 Å². The van der Waals surface area contributed by atoms with Gasteiger partial charge in [0.2, 0.25) is 5.91 Å². The second-order valence-corrected chi connectivity index (χ2v) is 5.83. The molecule has 2 rings (SSSR count). The number of imide groups is 1. The Morgan fingerprint density at radius 2 is 1.79 bits per heavy atom. The summed E-state index contributed by atoms with van der Waals surface area (Å²) < 4.78 is 5.28. The van der Waals surface area contributed by atoms with Crippen LogP contribution in [0.15, 0.2) is 30.3 Å². The number of nitrogens with zero attached hydrogens (tertiary/aromatic N) is 1. The van der Waals surface area contributed by atoms with Gasteiger partial charge in [-0.2, -0.15) is 0 Å². The summed E-state index contributed by atoms with van der Waals surface area (Å²) >= 11 is 0. The van der Waals surface area contributed by atoms with Crippen LogP contribution >= 0.6 is 0 Å². The third kappa shape index (κ3) is 2.62. The number of carbonyl (C=O) groups excluding carboxylic acids is 2. The van der Waals surface area contributed by atoms with Crippen molar-refractivity contribution in [1.82, 2.24) is 4.90 Å². The summed E-state index contributed by atoms with van der Waals surface area (Å²) in [4.78, 5) is 25.2. The number of rotatable bonds is 1. The van der Waals surface area contributed by atoms with Gasteiger partial charge in [0.15, 0.2) is 0 Å². The minimum Gasteiger partial charge on any atom is -0.443 e. The molecule has 4 heteroatoms. The number of benzene rings is 1. The van der Waals surface area contributed by atoms with Crippen LogP contribution in [0.4, 0.5) is 4.79 Å². The SMILES string of the molecule is C[C@@H]1C(=O)N(C(=O)OC(C)(C)C)[C@H]1c1ccccc1. The van der Waals surface area contributed by atoms with Gasteiger partial charge in [-0.05, 0) is 26.3 Å². The molecule has 1 heterocycles. The number of ether oxygens (including phenoxy) is 1. The van der Waals surface area contributed by atoms with Crippen LogP contribution in [-0.2, 0) is 9.53 Å². The molecule has 102 valence electrons. The monoisotopic (exact) mass is 261 g/mol. The summed E-state index contributed by atoms with van der Waals surface area (Å²) in [6.45, 7) is 7.20. The van der Waals surface area contributed by atoms with Crippen molar-refractivity contribution in [2.24, 2.45) is 5.92 Å². The van der Waals surface area contributed by atoms with E-state index < -0.39 is 11.7 Å². The standard InChI is InChI=1S/C15H19NO3/c1-10-12(11-8-6-5-7-9-11)16(13(10)17)14(18)19-15(2,3)4/h5-10,12H,1-4H3/t10-,12+/m0/s1. The average Bonchev–Trinajstić information content (AvgIpc) is 2.33. The van der Waals surface area contributed by atoms with Crippen molar-refractivity contribution in [2.45, 2.75) is 39.3 Å². The van der Waals surface area contributed by atoms with Crippen molar-refractivity contribution in [3.05, 3.63) is 35.9 Å². The molecule has 0 saturated carbocycles. The third-order valence-corrected chi connectivity index (χ3v) is 3.11. The fraction of sp³-hybridized carbons (Fsp3) is 0.467. The zero-order valence-corrected chi connectivity index (χ0v) is 11.7. The highest BCUT2D eigenvalue weighted by molar-refractivity contribution is 5.99. The Kier molecular flexibility index (Phi) is 3.35. The maximum Gasteiger partial charge on any atom is 0.417 e. The van der Waals surface area contributed by atoms with E-state index in [2.05, 4.69) is 0 Å². The molecule has 19 heavy (non-hydrogen) atoms. The molecule has 0 unspecified atom stereocenters. The first-order valence-corrected chi connectivity index (χ1v) is 6.42. The fourth-order valence-corrected chi connectivity index (χ4v) is 2.24. The minimum atomic E-state index is -0.600. The molecule has 0 radical (unpaired) electrons. The lowest BCUT2D eigenvalue weighted by Gasteiger charge is -2.44. The van der Waals surface area contributed by atoms with Crippen molar-refractivity contribution in [2.75, 3.05) is 0 Å². The summed E-state index contributed by atoms with van der Waals surface area (Å²) in [5.74, 6) is -0.363. The summed E-state index contributed by atoms with van der Waals surface area (Å²) in [6, 6.07) is 9.34. The van der Waals surface area contributed by atoms with Crippen LogP contribution in [0.5, 0.6) is 0 Å². The van der Waals surface area contributed by atoms with Crippen LogP contribution in [-0.4, -0.2) is 22.5 Å². The van der Waals surface area contributed by atoms with Crippen LogP contribution in [0, 0.1) is 5.92 Å². The predicted octanol–water partition coefficient (Wildman–Crippen LogP) is 3.14. The van der Waals surface area contributed by atoms with Gasteiger partial charge in [-0.1, -0.05) is 37.3 Å². The lowest BCUT2D eigenvalue weighted by Crippen LogP contribution is -2.57. The molecule has 1 aromatic carbocycles. The number of hydrogen-bond acceptors (Lipinski definition) is 3. The normalized spacial score (nSPS) is 22.9. The van der Waals surface area contributed by atoms with E-state index in [0.717, 1.165) is 5.56 Å². The molecule has 1 aliphatic heterocycles. The zero-order valence-electron chi connectivity index (χ0n) is 11.7. The molecule has 1 aliphatic rings. The molecule has 1 fully saturated rings. The largest absolute Gasteiger partial charge is 0.443 e. The quantitative estimate of drug-likeness (QED) is 0.730. The molecule has 0 bridgehead atoms. The molecule has 0 spiro atoms. The van der Waals surface area contributed by atoms with Crippen molar-refractivity contribution < 1.29 is 14.3 Å². The van der Waals surface area contributed by atoms with Crippen LogP contribution in [0.25, 0.3) is 0 Å². The topological polar surface area (TPSA) is 46.6 Å². The Bertz CT molecular complexity index is 490. The van der Waals surface area contributed by atoms with Gasteiger partial charge in [0.05, 0.1) is 12.0 Å². The highest BCUT2D eigenvalue weighted by atomic mass is 16.6. The zero-order chi connectivity index (χ0) is 14.2. The van der Waals surface area contributed by atoms with Crippen molar-refractivity contribution in [3.63, 3.8) is 0 Å². The smallest absolute Gasteiger partial charge is 0.417 e. The van der Waals surface area contributed by atoms with Crippen molar-refractivity contribution >= 4 is 12.0 Å². The molecule has 4 nitrogen and oxygen atoms in total. The molecule has 2 amide bonds. The van der Waals surface area contributed by atoms with E-state index in [-0.39, 0.29) is 17.9 Å². The number of carbonyl (C=O) groups is 2. The Balaban J connectivity index is 2.20. The first kappa shape index (κ1) is 13.6. The number of β-lactam (4-membered cyclic amide) rings is 1. The van der Waals surface area contributed by atoms with Crippen LogP contribution < -0.4 is 0 Å². The molecule has 2 atom stereocenters. The average molecular weight is 261 g/mol. The third-order valence-electron chi connectivity index (χ3n) is 3.11. The Morgan fingerprint density at radius 1 is 1.21 bits per heavy atom. The van der Waals surface area contributed by atoms with Gasteiger partial charge in [-0.3, -0.25) is 4.79 Å². The van der Waals surface area contributed by atoms with E-state index in [1.165, 1.54) is 4.90 Å². The number of hydrogen-bond donors (Lipinski definition) is 0. The predicted molar refractivity (Wildman–Crippen MR) is 71.4 cm³/mol. The molecule has 0 aliphatic carbocycles. The molecule has 0 aromatic heterocycles. The molecular formula is C15H19NO3. The van der Waals surface area contributed by atoms with Gasteiger partial charge in [0.25, 0.3) is 0 Å². The van der Waals surface area contributed by atoms with Crippen LogP contribution in [0.1, 0.15) is 39.3 Å². The van der Waals surface area contributed by atoms with Crippen molar-refractivity contribution in [1.29, 1.82) is 0 Å². The maximum atomic E-state index is 12.1. The maximum absolute atomic E-state index is 12.1. The van der Waals surface area contributed by atoms with E-state index in [4.69, 9.17) is 4.74 Å². The molecule has 1 saturated heterocycles. The van der Waals surface area contributed by atoms with Gasteiger partial charge in [-0.15, -0.1) is 0 Å². The molecule has 0 N–H and O–H groups in total. The summed E-state index contributed by atoms with van der Waals surface area (Å²) in [5, 5.41) is 0. The summed E-state index contributed by atoms with van der Waals surface area (Å²) in [6.07, 6.45) is -0.565. The van der Waals surface area contributed by atoms with E-state index in [0.29, 0.717) is 0 Å². The van der Waals surface area contributed by atoms with Crippen LogP contribution in [0.3, 0.4) is 0 Å². The van der Waals surface area contributed by atoms with E-state index >= 15 is 0 Å². The second kappa shape index (κ2) is 4.68. The van der Waals surface area contributed by atoms with Crippen LogP contribution in [0.2, 0.25) is 0 Å². The van der Waals surface area contributed by atoms with E-state index in [9.17, 15) is 9.59 Å². The Morgan fingerprint density at radius 3 is 2.32 bits per heavy atom. The summed E-state index contributed by atoms with van der Waals surface area (Å²) in [5.41, 5.74) is 0.359. The minimum absolute atomic E-state index is 0.178. The summed E-state index contributed by atoms with van der Waals surface area (Å²) in [7, 11) is 0. The van der Waals surface area contributed by atoms with E-state index in [1.807, 2.05) is 37.3 Å². The molecule has 1 aromatic rings.